The second kappa shape index (κ2) is 7.56. The summed E-state index contributed by atoms with van der Waals surface area (Å²) in [5.74, 6) is 0.309. The average Bonchev–Trinajstić information content (AvgIpc) is 3.29. The lowest BCUT2D eigenvalue weighted by atomic mass is 10.3. The van der Waals surface area contributed by atoms with Crippen LogP contribution in [0.15, 0.2) is 12.1 Å². The van der Waals surface area contributed by atoms with E-state index in [-0.39, 0.29) is 23.9 Å². The van der Waals surface area contributed by atoms with E-state index in [1.807, 2.05) is 0 Å². The molecule has 0 unspecified atom stereocenters. The molecule has 1 aromatic rings. The van der Waals surface area contributed by atoms with E-state index in [1.54, 1.807) is 12.1 Å². The predicted octanol–water partition coefficient (Wildman–Crippen LogP) is 0.697. The quantitative estimate of drug-likeness (QED) is 0.655. The molecule has 0 aliphatic heterocycles. The lowest BCUT2D eigenvalue weighted by Gasteiger charge is -2.06. The fourth-order valence-electron chi connectivity index (χ4n) is 1.71. The van der Waals surface area contributed by atoms with E-state index in [0.717, 1.165) is 25.8 Å². The summed E-state index contributed by atoms with van der Waals surface area (Å²) < 4.78 is 0. The molecule has 2 amide bonds. The summed E-state index contributed by atoms with van der Waals surface area (Å²) in [6, 6.07) is 3.68. The Morgan fingerprint density at radius 3 is 2.67 bits per heavy atom. The third-order valence-electron chi connectivity index (χ3n) is 3.03. The van der Waals surface area contributed by atoms with Gasteiger partial charge in [-0.15, -0.1) is 10.2 Å². The number of aromatic nitrogens is 2. The SMILES string of the molecule is CCCNc1ccc(C(=O)NCCC(=O)NC2CC2)nn1. The number of anilines is 1. The highest BCUT2D eigenvalue weighted by Gasteiger charge is 2.22. The minimum absolute atomic E-state index is 0.0250. The summed E-state index contributed by atoms with van der Waals surface area (Å²) >= 11 is 0. The van der Waals surface area contributed by atoms with Gasteiger partial charge in [0.05, 0.1) is 0 Å². The van der Waals surface area contributed by atoms with Gasteiger partial charge >= 0.3 is 0 Å². The maximum atomic E-state index is 11.8. The molecule has 1 aromatic heterocycles. The molecule has 114 valence electrons. The van der Waals surface area contributed by atoms with Crippen LogP contribution in [0.2, 0.25) is 0 Å². The third-order valence-corrected chi connectivity index (χ3v) is 3.03. The fourth-order valence-corrected chi connectivity index (χ4v) is 1.71. The van der Waals surface area contributed by atoms with E-state index < -0.39 is 0 Å². The first-order chi connectivity index (χ1) is 10.2. The maximum absolute atomic E-state index is 11.8. The van der Waals surface area contributed by atoms with Gasteiger partial charge in [0.15, 0.2) is 5.69 Å². The number of hydrogen-bond donors (Lipinski definition) is 3. The lowest BCUT2D eigenvalue weighted by Crippen LogP contribution is -2.32. The smallest absolute Gasteiger partial charge is 0.271 e. The number of carbonyl (C=O) groups is 2. The van der Waals surface area contributed by atoms with Crippen molar-refractivity contribution in [3.05, 3.63) is 17.8 Å². The predicted molar refractivity (Wildman–Crippen MR) is 78.9 cm³/mol. The molecule has 0 aromatic carbocycles. The normalized spacial score (nSPS) is 13.6. The van der Waals surface area contributed by atoms with E-state index in [1.165, 1.54) is 0 Å². The van der Waals surface area contributed by atoms with E-state index in [0.29, 0.717) is 18.4 Å². The van der Waals surface area contributed by atoms with Gasteiger partial charge in [-0.1, -0.05) is 6.92 Å². The van der Waals surface area contributed by atoms with Crippen LogP contribution in [0.5, 0.6) is 0 Å². The fraction of sp³-hybridized carbons (Fsp3) is 0.571. The molecule has 21 heavy (non-hydrogen) atoms. The summed E-state index contributed by atoms with van der Waals surface area (Å²) in [4.78, 5) is 23.3. The van der Waals surface area contributed by atoms with Crippen LogP contribution in [0, 0.1) is 0 Å². The number of hydrogen-bond acceptors (Lipinski definition) is 5. The second-order valence-electron chi connectivity index (χ2n) is 5.08. The Hall–Kier alpha value is -2.18. The Morgan fingerprint density at radius 1 is 1.24 bits per heavy atom. The van der Waals surface area contributed by atoms with E-state index in [2.05, 4.69) is 33.1 Å². The molecule has 7 nitrogen and oxygen atoms in total. The van der Waals surface area contributed by atoms with Gasteiger partial charge in [0.25, 0.3) is 5.91 Å². The average molecular weight is 291 g/mol. The van der Waals surface area contributed by atoms with E-state index in [9.17, 15) is 9.59 Å². The molecule has 0 radical (unpaired) electrons. The molecule has 0 bridgehead atoms. The van der Waals surface area contributed by atoms with Crippen molar-refractivity contribution in [3.63, 3.8) is 0 Å². The standard InChI is InChI=1S/C14H21N5O2/c1-2-8-15-12-6-5-11(18-19-12)14(21)16-9-7-13(20)17-10-3-4-10/h5-6,10H,2-4,7-9H2,1H3,(H,15,19)(H,16,21)(H,17,20). The Labute approximate surface area is 123 Å². The lowest BCUT2D eigenvalue weighted by molar-refractivity contribution is -0.121. The molecule has 3 N–H and O–H groups in total. The van der Waals surface area contributed by atoms with Gasteiger partial charge in [-0.3, -0.25) is 9.59 Å². The van der Waals surface area contributed by atoms with Crippen LogP contribution in [0.25, 0.3) is 0 Å². The van der Waals surface area contributed by atoms with Crippen molar-refractivity contribution in [2.24, 2.45) is 0 Å². The third kappa shape index (κ3) is 5.37. The molecule has 1 heterocycles. The zero-order chi connectivity index (χ0) is 15.1. The van der Waals surface area contributed by atoms with E-state index in [4.69, 9.17) is 0 Å². The van der Waals surface area contributed by atoms with Crippen LogP contribution >= 0.6 is 0 Å². The Bertz CT molecular complexity index is 485. The Balaban J connectivity index is 1.70. The zero-order valence-corrected chi connectivity index (χ0v) is 12.2. The van der Waals surface area contributed by atoms with Crippen LogP contribution in [0.3, 0.4) is 0 Å². The highest BCUT2D eigenvalue weighted by atomic mass is 16.2. The number of carbonyl (C=O) groups excluding carboxylic acids is 2. The summed E-state index contributed by atoms with van der Waals surface area (Å²) in [5.41, 5.74) is 0.250. The highest BCUT2D eigenvalue weighted by Crippen LogP contribution is 2.18. The molecular formula is C14H21N5O2. The summed E-state index contributed by atoms with van der Waals surface area (Å²) in [6.45, 7) is 3.17. The van der Waals surface area contributed by atoms with Crippen molar-refractivity contribution in [3.8, 4) is 0 Å². The molecule has 1 fully saturated rings. The van der Waals surface area contributed by atoms with Crippen molar-refractivity contribution in [1.29, 1.82) is 0 Å². The summed E-state index contributed by atoms with van der Waals surface area (Å²) in [5, 5.41) is 16.4. The maximum Gasteiger partial charge on any atom is 0.271 e. The summed E-state index contributed by atoms with van der Waals surface area (Å²) in [7, 11) is 0. The second-order valence-corrected chi connectivity index (χ2v) is 5.08. The first kappa shape index (κ1) is 15.2. The van der Waals surface area contributed by atoms with Gasteiger partial charge in [-0.2, -0.15) is 0 Å². The van der Waals surface area contributed by atoms with Crippen LogP contribution in [0.1, 0.15) is 43.1 Å². The first-order valence-corrected chi connectivity index (χ1v) is 7.34. The molecule has 2 rings (SSSR count). The van der Waals surface area contributed by atoms with Crippen LogP contribution in [-0.4, -0.2) is 41.1 Å². The molecule has 0 saturated heterocycles. The Morgan fingerprint density at radius 2 is 2.05 bits per heavy atom. The molecule has 0 atom stereocenters. The molecule has 0 spiro atoms. The van der Waals surface area contributed by atoms with Crippen LogP contribution < -0.4 is 16.0 Å². The van der Waals surface area contributed by atoms with Gasteiger partial charge in [0.1, 0.15) is 5.82 Å². The minimum Gasteiger partial charge on any atom is -0.369 e. The van der Waals surface area contributed by atoms with Gasteiger partial charge in [0, 0.05) is 25.6 Å². The van der Waals surface area contributed by atoms with Crippen molar-refractivity contribution < 1.29 is 9.59 Å². The highest BCUT2D eigenvalue weighted by molar-refractivity contribution is 5.92. The molecule has 1 aliphatic carbocycles. The monoisotopic (exact) mass is 291 g/mol. The number of nitrogens with one attached hydrogen (secondary N) is 3. The van der Waals surface area contributed by atoms with Gasteiger partial charge in [-0.05, 0) is 31.4 Å². The van der Waals surface area contributed by atoms with Gasteiger partial charge in [0.2, 0.25) is 5.91 Å². The van der Waals surface area contributed by atoms with Gasteiger partial charge in [-0.25, -0.2) is 0 Å². The largest absolute Gasteiger partial charge is 0.369 e. The van der Waals surface area contributed by atoms with Crippen molar-refractivity contribution in [2.45, 2.75) is 38.6 Å². The minimum atomic E-state index is -0.316. The van der Waals surface area contributed by atoms with E-state index >= 15 is 0 Å². The summed E-state index contributed by atoms with van der Waals surface area (Å²) in [6.07, 6.45) is 3.40. The topological polar surface area (TPSA) is 96.0 Å². The molecule has 7 heteroatoms. The van der Waals surface area contributed by atoms with Gasteiger partial charge < -0.3 is 16.0 Å². The molecule has 1 saturated carbocycles. The van der Waals surface area contributed by atoms with Crippen molar-refractivity contribution in [1.82, 2.24) is 20.8 Å². The molecule has 1 aliphatic rings. The number of rotatable bonds is 8. The van der Waals surface area contributed by atoms with Crippen LogP contribution in [-0.2, 0) is 4.79 Å². The number of nitrogens with zero attached hydrogens (tertiary/aromatic N) is 2. The first-order valence-electron chi connectivity index (χ1n) is 7.34. The Kier molecular flexibility index (Phi) is 5.48. The van der Waals surface area contributed by atoms with Crippen molar-refractivity contribution >= 4 is 17.6 Å². The van der Waals surface area contributed by atoms with Crippen molar-refractivity contribution in [2.75, 3.05) is 18.4 Å². The van der Waals surface area contributed by atoms with Crippen LogP contribution in [0.4, 0.5) is 5.82 Å². The zero-order valence-electron chi connectivity index (χ0n) is 12.2. The molecular weight excluding hydrogens is 270 g/mol. The number of amides is 2.